The summed E-state index contributed by atoms with van der Waals surface area (Å²) in [5.41, 5.74) is 12.8. The van der Waals surface area contributed by atoms with Gasteiger partial charge in [0.05, 0.1) is 0 Å². The molecule has 1 aliphatic carbocycles. The molecule has 3 atom stereocenters. The summed E-state index contributed by atoms with van der Waals surface area (Å²) in [5.74, 6) is 1.38. The number of unbranched alkanes of at least 4 members (excludes halogenated alkanes) is 1. The van der Waals surface area contributed by atoms with Crippen molar-refractivity contribution in [1.82, 2.24) is 0 Å². The predicted octanol–water partition coefficient (Wildman–Crippen LogP) is 3.05. The van der Waals surface area contributed by atoms with Gasteiger partial charge in [-0.15, -0.1) is 0 Å². The Kier molecular flexibility index (Phi) is 5.26. The zero-order valence-corrected chi connectivity index (χ0v) is 11.3. The first-order valence-electron chi connectivity index (χ1n) is 7.02. The van der Waals surface area contributed by atoms with E-state index in [0.717, 1.165) is 25.2 Å². The molecule has 1 fully saturated rings. The van der Waals surface area contributed by atoms with Crippen molar-refractivity contribution in [2.24, 2.45) is 23.3 Å². The second kappa shape index (κ2) is 6.02. The highest BCUT2D eigenvalue weighted by molar-refractivity contribution is 4.97. The first-order valence-corrected chi connectivity index (χ1v) is 7.02. The molecule has 0 bridgehead atoms. The number of nitrogens with two attached hydrogens (primary N) is 2. The third-order valence-electron chi connectivity index (χ3n) is 4.13. The molecule has 0 saturated heterocycles. The molecule has 0 aromatic heterocycles. The van der Waals surface area contributed by atoms with E-state index in [1.54, 1.807) is 0 Å². The summed E-state index contributed by atoms with van der Waals surface area (Å²) in [6.45, 7) is 6.83. The van der Waals surface area contributed by atoms with Gasteiger partial charge in [-0.2, -0.15) is 0 Å². The molecule has 4 N–H and O–H groups in total. The molecular formula is C14H30N2. The third-order valence-corrected chi connectivity index (χ3v) is 4.13. The molecule has 0 aliphatic heterocycles. The molecule has 2 heteroatoms. The lowest BCUT2D eigenvalue weighted by molar-refractivity contribution is 0.136. The Balaban J connectivity index is 2.62. The molecule has 0 heterocycles. The van der Waals surface area contributed by atoms with Crippen LogP contribution in [0, 0.1) is 11.8 Å². The highest BCUT2D eigenvalue weighted by Crippen LogP contribution is 2.38. The maximum absolute atomic E-state index is 6.64. The van der Waals surface area contributed by atoms with E-state index in [0.29, 0.717) is 12.0 Å². The fourth-order valence-corrected chi connectivity index (χ4v) is 3.11. The lowest BCUT2D eigenvalue weighted by atomic mass is 9.67. The van der Waals surface area contributed by atoms with Crippen molar-refractivity contribution in [2.75, 3.05) is 0 Å². The Bertz CT molecular complexity index is 197. The van der Waals surface area contributed by atoms with Crippen LogP contribution in [0.5, 0.6) is 0 Å². The van der Waals surface area contributed by atoms with Gasteiger partial charge in [0.1, 0.15) is 0 Å². The van der Waals surface area contributed by atoms with Crippen LogP contribution in [0.1, 0.15) is 65.7 Å². The van der Waals surface area contributed by atoms with Crippen LogP contribution in [0.15, 0.2) is 0 Å². The van der Waals surface area contributed by atoms with Crippen molar-refractivity contribution in [2.45, 2.75) is 77.3 Å². The molecule has 3 unspecified atom stereocenters. The summed E-state index contributed by atoms with van der Waals surface area (Å²) in [5, 5.41) is 0. The summed E-state index contributed by atoms with van der Waals surface area (Å²) < 4.78 is 0. The van der Waals surface area contributed by atoms with Gasteiger partial charge in [0.25, 0.3) is 0 Å². The van der Waals surface area contributed by atoms with E-state index < -0.39 is 0 Å². The van der Waals surface area contributed by atoms with Gasteiger partial charge in [-0.1, -0.05) is 33.6 Å². The molecule has 0 radical (unpaired) electrons. The standard InChI is InChI=1S/C14H30N2/c1-4-5-7-14(16)8-6-13(15)10-12(14)9-11(2)3/h11-13H,4-10,15-16H2,1-3H3. The molecule has 1 saturated carbocycles. The summed E-state index contributed by atoms with van der Waals surface area (Å²) >= 11 is 0. The van der Waals surface area contributed by atoms with Gasteiger partial charge in [-0.05, 0) is 43.9 Å². The fraction of sp³-hybridized carbons (Fsp3) is 1.00. The van der Waals surface area contributed by atoms with Crippen molar-refractivity contribution >= 4 is 0 Å². The van der Waals surface area contributed by atoms with Crippen molar-refractivity contribution in [3.8, 4) is 0 Å². The summed E-state index contributed by atoms with van der Waals surface area (Å²) in [6, 6.07) is 0.391. The average Bonchev–Trinajstić information content (AvgIpc) is 2.21. The topological polar surface area (TPSA) is 52.0 Å². The summed E-state index contributed by atoms with van der Waals surface area (Å²) in [6.07, 6.45) is 8.33. The summed E-state index contributed by atoms with van der Waals surface area (Å²) in [4.78, 5) is 0. The van der Waals surface area contributed by atoms with Crippen molar-refractivity contribution < 1.29 is 0 Å². The van der Waals surface area contributed by atoms with E-state index in [1.807, 2.05) is 0 Å². The van der Waals surface area contributed by atoms with Gasteiger partial charge >= 0.3 is 0 Å². The molecule has 16 heavy (non-hydrogen) atoms. The quantitative estimate of drug-likeness (QED) is 0.757. The monoisotopic (exact) mass is 226 g/mol. The number of rotatable bonds is 5. The van der Waals surface area contributed by atoms with Gasteiger partial charge in [0.15, 0.2) is 0 Å². The van der Waals surface area contributed by atoms with Crippen LogP contribution in [0.3, 0.4) is 0 Å². The van der Waals surface area contributed by atoms with Crippen LogP contribution >= 0.6 is 0 Å². The third kappa shape index (κ3) is 3.74. The Labute approximate surface area is 101 Å². The maximum atomic E-state index is 6.64. The van der Waals surface area contributed by atoms with Crippen LogP contribution in [-0.4, -0.2) is 11.6 Å². The number of hydrogen-bond acceptors (Lipinski definition) is 2. The van der Waals surface area contributed by atoms with Crippen LogP contribution < -0.4 is 11.5 Å². The second-order valence-electron chi connectivity index (χ2n) is 6.20. The molecule has 0 amide bonds. The highest BCUT2D eigenvalue weighted by Gasteiger charge is 2.38. The molecule has 1 rings (SSSR count). The van der Waals surface area contributed by atoms with Crippen molar-refractivity contribution in [3.63, 3.8) is 0 Å². The summed E-state index contributed by atoms with van der Waals surface area (Å²) in [7, 11) is 0. The Morgan fingerprint density at radius 3 is 2.62 bits per heavy atom. The Hall–Kier alpha value is -0.0800. The van der Waals surface area contributed by atoms with E-state index in [-0.39, 0.29) is 5.54 Å². The zero-order chi connectivity index (χ0) is 12.2. The van der Waals surface area contributed by atoms with Gasteiger partial charge in [0.2, 0.25) is 0 Å². The van der Waals surface area contributed by atoms with Crippen LogP contribution in [0.25, 0.3) is 0 Å². The largest absolute Gasteiger partial charge is 0.328 e. The normalized spacial score (nSPS) is 35.6. The Morgan fingerprint density at radius 2 is 2.06 bits per heavy atom. The Morgan fingerprint density at radius 1 is 1.38 bits per heavy atom. The molecule has 0 aromatic carbocycles. The molecule has 2 nitrogen and oxygen atoms in total. The van der Waals surface area contributed by atoms with E-state index in [2.05, 4.69) is 20.8 Å². The lowest BCUT2D eigenvalue weighted by Gasteiger charge is -2.44. The van der Waals surface area contributed by atoms with Crippen LogP contribution in [-0.2, 0) is 0 Å². The molecule has 1 aliphatic rings. The minimum Gasteiger partial charge on any atom is -0.328 e. The zero-order valence-electron chi connectivity index (χ0n) is 11.3. The smallest absolute Gasteiger partial charge is 0.0184 e. The molecule has 96 valence electrons. The van der Waals surface area contributed by atoms with Crippen LogP contribution in [0.2, 0.25) is 0 Å². The van der Waals surface area contributed by atoms with Gasteiger partial charge in [-0.25, -0.2) is 0 Å². The maximum Gasteiger partial charge on any atom is 0.0184 e. The molecule has 0 aromatic rings. The predicted molar refractivity (Wildman–Crippen MR) is 71.2 cm³/mol. The first kappa shape index (κ1) is 14.0. The van der Waals surface area contributed by atoms with E-state index in [1.165, 1.54) is 25.7 Å². The van der Waals surface area contributed by atoms with E-state index >= 15 is 0 Å². The van der Waals surface area contributed by atoms with Gasteiger partial charge in [0, 0.05) is 11.6 Å². The molecule has 0 spiro atoms. The van der Waals surface area contributed by atoms with Gasteiger partial charge in [-0.3, -0.25) is 0 Å². The first-order chi connectivity index (χ1) is 7.48. The van der Waals surface area contributed by atoms with Crippen molar-refractivity contribution in [1.29, 1.82) is 0 Å². The number of hydrogen-bond donors (Lipinski definition) is 2. The van der Waals surface area contributed by atoms with Gasteiger partial charge < -0.3 is 11.5 Å². The fourth-order valence-electron chi connectivity index (χ4n) is 3.11. The second-order valence-corrected chi connectivity index (χ2v) is 6.20. The SMILES string of the molecule is CCCCC1(N)CCC(N)CC1CC(C)C. The minimum absolute atomic E-state index is 0.0795. The van der Waals surface area contributed by atoms with E-state index in [9.17, 15) is 0 Å². The minimum atomic E-state index is 0.0795. The highest BCUT2D eigenvalue weighted by atomic mass is 14.8. The lowest BCUT2D eigenvalue weighted by Crippen LogP contribution is -2.53. The molecular weight excluding hydrogens is 196 g/mol. The van der Waals surface area contributed by atoms with Crippen molar-refractivity contribution in [3.05, 3.63) is 0 Å². The van der Waals surface area contributed by atoms with E-state index in [4.69, 9.17) is 11.5 Å². The van der Waals surface area contributed by atoms with Crippen LogP contribution in [0.4, 0.5) is 0 Å². The average molecular weight is 226 g/mol.